The molecule has 29 heavy (non-hydrogen) atoms. The molecular formula is C23H25N5O. The lowest BCUT2D eigenvalue weighted by molar-refractivity contribution is 0.102. The molecule has 0 radical (unpaired) electrons. The average Bonchev–Trinajstić information content (AvgIpc) is 3.27. The summed E-state index contributed by atoms with van der Waals surface area (Å²) in [6.45, 7) is 6.28. The Balaban J connectivity index is 1.39. The van der Waals surface area contributed by atoms with Gasteiger partial charge in [0.2, 0.25) is 0 Å². The van der Waals surface area contributed by atoms with Gasteiger partial charge in [-0.3, -0.25) is 4.79 Å². The van der Waals surface area contributed by atoms with Crippen molar-refractivity contribution in [2.45, 2.75) is 26.7 Å². The third-order valence-electron chi connectivity index (χ3n) is 5.14. The van der Waals surface area contributed by atoms with E-state index in [1.165, 1.54) is 24.7 Å². The second kappa shape index (κ2) is 8.31. The van der Waals surface area contributed by atoms with Gasteiger partial charge in [-0.15, -0.1) is 0 Å². The lowest BCUT2D eigenvalue weighted by atomic mass is 10.1. The topological polar surface area (TPSA) is 70.2 Å². The van der Waals surface area contributed by atoms with Gasteiger partial charge in [0, 0.05) is 30.2 Å². The predicted molar refractivity (Wildman–Crippen MR) is 117 cm³/mol. The van der Waals surface area contributed by atoms with Gasteiger partial charge in [0.1, 0.15) is 11.5 Å². The van der Waals surface area contributed by atoms with Crippen molar-refractivity contribution < 1.29 is 4.79 Å². The molecular weight excluding hydrogens is 362 g/mol. The number of rotatable bonds is 5. The molecule has 0 spiro atoms. The number of carbonyl (C=O) groups excluding carboxylic acids is 1. The minimum Gasteiger partial charge on any atom is -0.372 e. The van der Waals surface area contributed by atoms with Crippen molar-refractivity contribution >= 4 is 28.8 Å². The molecule has 2 aromatic carbocycles. The molecule has 1 aliphatic rings. The summed E-state index contributed by atoms with van der Waals surface area (Å²) in [7, 11) is 0. The molecule has 3 aromatic rings. The van der Waals surface area contributed by atoms with Crippen molar-refractivity contribution in [2.24, 2.45) is 0 Å². The van der Waals surface area contributed by atoms with Crippen LogP contribution in [0.5, 0.6) is 0 Å². The maximum Gasteiger partial charge on any atom is 0.275 e. The summed E-state index contributed by atoms with van der Waals surface area (Å²) in [6.07, 6.45) is 5.55. The van der Waals surface area contributed by atoms with Crippen LogP contribution in [0.25, 0.3) is 0 Å². The molecule has 6 heteroatoms. The molecule has 2 heterocycles. The Hall–Kier alpha value is -3.41. The summed E-state index contributed by atoms with van der Waals surface area (Å²) in [5.74, 6) is 0.329. The molecule has 1 fully saturated rings. The average molecular weight is 387 g/mol. The van der Waals surface area contributed by atoms with E-state index in [9.17, 15) is 4.79 Å². The highest BCUT2D eigenvalue weighted by atomic mass is 16.1. The minimum absolute atomic E-state index is 0.273. The summed E-state index contributed by atoms with van der Waals surface area (Å²) in [4.78, 5) is 23.4. The van der Waals surface area contributed by atoms with E-state index in [4.69, 9.17) is 0 Å². The van der Waals surface area contributed by atoms with Crippen molar-refractivity contribution in [1.29, 1.82) is 0 Å². The highest BCUT2D eigenvalue weighted by Gasteiger charge is 2.13. The van der Waals surface area contributed by atoms with Crippen molar-refractivity contribution in [1.82, 2.24) is 9.97 Å². The highest BCUT2D eigenvalue weighted by Crippen LogP contribution is 2.23. The Morgan fingerprint density at radius 2 is 1.72 bits per heavy atom. The first-order chi connectivity index (χ1) is 14.1. The van der Waals surface area contributed by atoms with Gasteiger partial charge in [-0.2, -0.15) is 0 Å². The van der Waals surface area contributed by atoms with E-state index in [0.29, 0.717) is 5.82 Å². The van der Waals surface area contributed by atoms with Gasteiger partial charge in [-0.05, 0) is 68.1 Å². The molecule has 0 aliphatic carbocycles. The van der Waals surface area contributed by atoms with Crippen LogP contribution in [0.1, 0.15) is 34.5 Å². The van der Waals surface area contributed by atoms with Crippen LogP contribution < -0.4 is 15.5 Å². The summed E-state index contributed by atoms with van der Waals surface area (Å²) in [6, 6.07) is 14.1. The molecule has 4 rings (SSSR count). The Kier molecular flexibility index (Phi) is 5.42. The van der Waals surface area contributed by atoms with Gasteiger partial charge < -0.3 is 15.5 Å². The van der Waals surface area contributed by atoms with Crippen molar-refractivity contribution in [2.75, 3.05) is 28.6 Å². The van der Waals surface area contributed by atoms with E-state index in [2.05, 4.69) is 43.7 Å². The zero-order valence-electron chi connectivity index (χ0n) is 16.8. The zero-order chi connectivity index (χ0) is 20.2. The Morgan fingerprint density at radius 1 is 0.966 bits per heavy atom. The summed E-state index contributed by atoms with van der Waals surface area (Å²) >= 11 is 0. The number of nitrogens with zero attached hydrogens (tertiary/aromatic N) is 3. The number of hydrogen-bond acceptors (Lipinski definition) is 5. The van der Waals surface area contributed by atoms with Gasteiger partial charge in [0.05, 0.1) is 12.4 Å². The van der Waals surface area contributed by atoms with Crippen LogP contribution in [0.3, 0.4) is 0 Å². The second-order valence-electron chi connectivity index (χ2n) is 7.43. The number of carbonyl (C=O) groups is 1. The lowest BCUT2D eigenvalue weighted by Crippen LogP contribution is -2.18. The van der Waals surface area contributed by atoms with Crippen LogP contribution in [0, 0.1) is 13.8 Å². The quantitative estimate of drug-likeness (QED) is 0.665. The molecule has 1 saturated heterocycles. The number of amides is 1. The number of aryl methyl sites for hydroxylation is 2. The number of benzene rings is 2. The fraction of sp³-hybridized carbons (Fsp3) is 0.261. The zero-order valence-corrected chi connectivity index (χ0v) is 16.8. The lowest BCUT2D eigenvalue weighted by Gasteiger charge is -2.17. The van der Waals surface area contributed by atoms with Gasteiger partial charge in [0.25, 0.3) is 5.91 Å². The predicted octanol–water partition coefficient (Wildman–Crippen LogP) is 4.69. The van der Waals surface area contributed by atoms with Crippen molar-refractivity contribution in [3.05, 3.63) is 71.7 Å². The standard InChI is InChI=1S/C23H25N5O/c1-16-5-6-17(2)20(13-16)27-22-15-24-21(14-25-22)23(29)26-18-7-9-19(10-8-18)28-11-3-4-12-28/h5-10,13-15H,3-4,11-12H2,1-2H3,(H,25,27)(H,26,29). The van der Waals surface area contributed by atoms with Crippen LogP contribution in [0.2, 0.25) is 0 Å². The SMILES string of the molecule is Cc1ccc(C)c(Nc2cnc(C(=O)Nc3ccc(N4CCCC4)cc3)cn2)c1. The minimum atomic E-state index is -0.273. The molecule has 0 bridgehead atoms. The molecule has 1 amide bonds. The Morgan fingerprint density at radius 3 is 2.41 bits per heavy atom. The fourth-order valence-electron chi connectivity index (χ4n) is 3.44. The van der Waals surface area contributed by atoms with Crippen LogP contribution in [0.4, 0.5) is 22.9 Å². The Bertz CT molecular complexity index is 993. The highest BCUT2D eigenvalue weighted by molar-refractivity contribution is 6.02. The third-order valence-corrected chi connectivity index (χ3v) is 5.14. The first-order valence-electron chi connectivity index (χ1n) is 9.91. The molecule has 2 N–H and O–H groups in total. The van der Waals surface area contributed by atoms with Gasteiger partial charge >= 0.3 is 0 Å². The largest absolute Gasteiger partial charge is 0.372 e. The number of hydrogen-bond donors (Lipinski definition) is 2. The third kappa shape index (κ3) is 4.54. The molecule has 1 aliphatic heterocycles. The molecule has 148 valence electrons. The van der Waals surface area contributed by atoms with Crippen molar-refractivity contribution in [3.8, 4) is 0 Å². The summed E-state index contributed by atoms with van der Waals surface area (Å²) in [5, 5.41) is 6.13. The fourth-order valence-corrected chi connectivity index (χ4v) is 3.44. The van der Waals surface area contributed by atoms with Crippen LogP contribution >= 0.6 is 0 Å². The van der Waals surface area contributed by atoms with Crippen LogP contribution in [-0.4, -0.2) is 29.0 Å². The normalized spacial score (nSPS) is 13.4. The first kappa shape index (κ1) is 18.9. The molecule has 0 atom stereocenters. The molecule has 0 saturated carbocycles. The summed E-state index contributed by atoms with van der Waals surface area (Å²) in [5.41, 5.74) is 5.49. The molecule has 6 nitrogen and oxygen atoms in total. The van der Waals surface area contributed by atoms with E-state index in [1.54, 1.807) is 6.20 Å². The molecule has 0 unspecified atom stereocenters. The van der Waals surface area contributed by atoms with Crippen LogP contribution in [-0.2, 0) is 0 Å². The second-order valence-corrected chi connectivity index (χ2v) is 7.43. The van der Waals surface area contributed by atoms with E-state index in [-0.39, 0.29) is 11.6 Å². The Labute approximate surface area is 171 Å². The monoisotopic (exact) mass is 387 g/mol. The van der Waals surface area contributed by atoms with Crippen molar-refractivity contribution in [3.63, 3.8) is 0 Å². The number of aromatic nitrogens is 2. The summed E-state index contributed by atoms with van der Waals surface area (Å²) < 4.78 is 0. The van der Waals surface area contributed by atoms with Crippen LogP contribution in [0.15, 0.2) is 54.9 Å². The first-order valence-corrected chi connectivity index (χ1v) is 9.91. The number of anilines is 4. The van der Waals surface area contributed by atoms with Gasteiger partial charge in [-0.1, -0.05) is 12.1 Å². The van der Waals surface area contributed by atoms with E-state index < -0.39 is 0 Å². The number of nitrogens with one attached hydrogen (secondary N) is 2. The van der Waals surface area contributed by atoms with Gasteiger partial charge in [-0.25, -0.2) is 9.97 Å². The smallest absolute Gasteiger partial charge is 0.275 e. The maximum atomic E-state index is 12.5. The van der Waals surface area contributed by atoms with E-state index in [1.807, 2.05) is 38.1 Å². The van der Waals surface area contributed by atoms with E-state index >= 15 is 0 Å². The molecule has 1 aromatic heterocycles. The van der Waals surface area contributed by atoms with Gasteiger partial charge in [0.15, 0.2) is 0 Å². The van der Waals surface area contributed by atoms with E-state index in [0.717, 1.165) is 35.6 Å². The maximum absolute atomic E-state index is 12.5.